The number of Topliss-reactive ketones (excluding diaryl/α,β-unsaturated/α-hetero) is 1. The van der Waals surface area contributed by atoms with Gasteiger partial charge in [0.25, 0.3) is 0 Å². The third-order valence-electron chi connectivity index (χ3n) is 3.23. The van der Waals surface area contributed by atoms with Gasteiger partial charge in [0.05, 0.1) is 0 Å². The lowest BCUT2D eigenvalue weighted by molar-refractivity contribution is 0.0747. The van der Waals surface area contributed by atoms with E-state index >= 15 is 0 Å². The molecule has 0 aliphatic heterocycles. The molecule has 1 amide bonds. The van der Waals surface area contributed by atoms with Gasteiger partial charge >= 0.3 is 6.09 Å². The van der Waals surface area contributed by atoms with Gasteiger partial charge < -0.3 is 15.5 Å². The van der Waals surface area contributed by atoms with E-state index in [0.29, 0.717) is 17.7 Å². The molecule has 1 atom stereocenters. The smallest absolute Gasteiger partial charge is 0.404 e. The van der Waals surface area contributed by atoms with Gasteiger partial charge in [0.15, 0.2) is 5.78 Å². The summed E-state index contributed by atoms with van der Waals surface area (Å²) >= 11 is 0. The van der Waals surface area contributed by atoms with Gasteiger partial charge in [-0.3, -0.25) is 4.79 Å². The van der Waals surface area contributed by atoms with Crippen LogP contribution >= 0.6 is 0 Å². The van der Waals surface area contributed by atoms with Crippen molar-refractivity contribution >= 4 is 11.9 Å². The minimum absolute atomic E-state index is 0.271. The SMILES string of the molecule is CCCCNC(=O)O.O=C(c1ccccc1)C(O)c1ccccc1. The van der Waals surface area contributed by atoms with Crippen LogP contribution in [-0.4, -0.2) is 28.6 Å². The second-order valence-corrected chi connectivity index (χ2v) is 5.13. The van der Waals surface area contributed by atoms with Crippen LogP contribution in [0.15, 0.2) is 60.7 Å². The molecule has 0 aromatic heterocycles. The van der Waals surface area contributed by atoms with E-state index in [1.54, 1.807) is 48.5 Å². The Morgan fingerprint density at radius 1 is 1.00 bits per heavy atom. The van der Waals surface area contributed by atoms with Crippen LogP contribution in [0.1, 0.15) is 41.8 Å². The Labute approximate surface area is 142 Å². The third kappa shape index (κ3) is 7.07. The second-order valence-electron chi connectivity index (χ2n) is 5.13. The number of unbranched alkanes of at least 4 members (excludes halogenated alkanes) is 1. The number of aliphatic hydroxyl groups excluding tert-OH is 1. The minimum atomic E-state index is -1.08. The number of nitrogens with one attached hydrogen (secondary N) is 1. The monoisotopic (exact) mass is 329 g/mol. The second kappa shape index (κ2) is 11.0. The minimum Gasteiger partial charge on any atom is -0.465 e. The molecule has 0 heterocycles. The van der Waals surface area contributed by atoms with E-state index in [4.69, 9.17) is 5.11 Å². The first-order chi connectivity index (χ1) is 11.6. The predicted octanol–water partition coefficient (Wildman–Crippen LogP) is 3.66. The molecule has 0 fully saturated rings. The average Bonchev–Trinajstić information content (AvgIpc) is 2.62. The zero-order valence-corrected chi connectivity index (χ0v) is 13.7. The van der Waals surface area contributed by atoms with Crippen LogP contribution in [0.4, 0.5) is 4.79 Å². The maximum Gasteiger partial charge on any atom is 0.404 e. The van der Waals surface area contributed by atoms with Gasteiger partial charge in [-0.25, -0.2) is 4.79 Å². The van der Waals surface area contributed by atoms with Crippen LogP contribution in [0, 0.1) is 0 Å². The Hall–Kier alpha value is -2.66. The van der Waals surface area contributed by atoms with Crippen molar-refractivity contribution in [1.29, 1.82) is 0 Å². The molecule has 2 aromatic rings. The van der Waals surface area contributed by atoms with Crippen LogP contribution in [-0.2, 0) is 0 Å². The number of ketones is 1. The summed E-state index contributed by atoms with van der Waals surface area (Å²) < 4.78 is 0. The summed E-state index contributed by atoms with van der Waals surface area (Å²) in [6, 6.07) is 17.7. The van der Waals surface area contributed by atoms with E-state index in [0.717, 1.165) is 12.8 Å². The molecule has 0 aliphatic rings. The largest absolute Gasteiger partial charge is 0.465 e. The highest BCUT2D eigenvalue weighted by Gasteiger charge is 2.18. The number of carbonyl (C=O) groups excluding carboxylic acids is 1. The zero-order valence-electron chi connectivity index (χ0n) is 13.7. The van der Waals surface area contributed by atoms with Crippen LogP contribution in [0.2, 0.25) is 0 Å². The lowest BCUT2D eigenvalue weighted by atomic mass is 10.0. The van der Waals surface area contributed by atoms with Gasteiger partial charge in [0.2, 0.25) is 0 Å². The van der Waals surface area contributed by atoms with Gasteiger partial charge in [0.1, 0.15) is 6.10 Å². The third-order valence-corrected chi connectivity index (χ3v) is 3.23. The molecule has 5 heteroatoms. The van der Waals surface area contributed by atoms with Crippen LogP contribution in [0.3, 0.4) is 0 Å². The number of aliphatic hydroxyl groups is 1. The molecular formula is C19H23NO4. The van der Waals surface area contributed by atoms with Crippen molar-refractivity contribution in [3.05, 3.63) is 71.8 Å². The Balaban J connectivity index is 0.000000307. The quantitative estimate of drug-likeness (QED) is 0.557. The number of rotatable bonds is 6. The van der Waals surface area contributed by atoms with Gasteiger partial charge in [-0.05, 0) is 12.0 Å². The van der Waals surface area contributed by atoms with Crippen molar-refractivity contribution in [1.82, 2.24) is 5.32 Å². The molecule has 0 saturated heterocycles. The van der Waals surface area contributed by atoms with Gasteiger partial charge in [-0.1, -0.05) is 74.0 Å². The van der Waals surface area contributed by atoms with Gasteiger partial charge in [0, 0.05) is 12.1 Å². The number of benzene rings is 2. The van der Waals surface area contributed by atoms with Crippen molar-refractivity contribution < 1.29 is 19.8 Å². The summed E-state index contributed by atoms with van der Waals surface area (Å²) in [5, 5.41) is 20.2. The molecular weight excluding hydrogens is 306 g/mol. The van der Waals surface area contributed by atoms with Gasteiger partial charge in [-0.15, -0.1) is 0 Å². The van der Waals surface area contributed by atoms with E-state index in [1.807, 2.05) is 19.1 Å². The van der Waals surface area contributed by atoms with Crippen LogP contribution in [0.5, 0.6) is 0 Å². The first-order valence-electron chi connectivity index (χ1n) is 7.85. The fraction of sp³-hybridized carbons (Fsp3) is 0.263. The first-order valence-corrected chi connectivity index (χ1v) is 7.85. The summed E-state index contributed by atoms with van der Waals surface area (Å²) in [5.74, 6) is -0.271. The van der Waals surface area contributed by atoms with Crippen molar-refractivity contribution in [2.45, 2.75) is 25.9 Å². The maximum absolute atomic E-state index is 11.9. The fourth-order valence-electron chi connectivity index (χ4n) is 1.92. The van der Waals surface area contributed by atoms with Crippen LogP contribution in [0.25, 0.3) is 0 Å². The van der Waals surface area contributed by atoms with Crippen LogP contribution < -0.4 is 5.32 Å². The van der Waals surface area contributed by atoms with E-state index in [9.17, 15) is 14.7 Å². The summed E-state index contributed by atoms with van der Waals surface area (Å²) in [5.41, 5.74) is 1.15. The molecule has 0 bridgehead atoms. The number of hydrogen-bond acceptors (Lipinski definition) is 3. The maximum atomic E-state index is 11.9. The van der Waals surface area contributed by atoms with Crippen molar-refractivity contribution in [2.24, 2.45) is 0 Å². The van der Waals surface area contributed by atoms with E-state index < -0.39 is 12.2 Å². The highest BCUT2D eigenvalue weighted by atomic mass is 16.4. The Kier molecular flexibility index (Phi) is 8.86. The van der Waals surface area contributed by atoms with Gasteiger partial charge in [-0.2, -0.15) is 0 Å². The lowest BCUT2D eigenvalue weighted by Crippen LogP contribution is -2.21. The molecule has 0 radical (unpaired) electrons. The summed E-state index contributed by atoms with van der Waals surface area (Å²) in [4.78, 5) is 21.7. The number of carboxylic acid groups (broad SMARTS) is 1. The summed E-state index contributed by atoms with van der Waals surface area (Å²) in [7, 11) is 0. The zero-order chi connectivity index (χ0) is 17.8. The lowest BCUT2D eigenvalue weighted by Gasteiger charge is -2.09. The van der Waals surface area contributed by atoms with E-state index in [2.05, 4.69) is 5.32 Å². The number of hydrogen-bond donors (Lipinski definition) is 3. The molecule has 5 nitrogen and oxygen atoms in total. The van der Waals surface area contributed by atoms with E-state index in [-0.39, 0.29) is 5.78 Å². The highest BCUT2D eigenvalue weighted by molar-refractivity contribution is 5.99. The molecule has 2 aromatic carbocycles. The first kappa shape index (κ1) is 19.4. The Bertz CT molecular complexity index is 614. The standard InChI is InChI=1S/C14H12O2.C5H11NO2/c15-13(11-7-3-1-4-8-11)14(16)12-9-5-2-6-10-12;1-2-3-4-6-5(7)8/h1-10,13,15H;6H,2-4H2,1H3,(H,7,8). The predicted molar refractivity (Wildman–Crippen MR) is 93.1 cm³/mol. The fourth-order valence-corrected chi connectivity index (χ4v) is 1.92. The summed E-state index contributed by atoms with van der Waals surface area (Å²) in [6.07, 6.45) is -0.0610. The van der Waals surface area contributed by atoms with Crippen molar-refractivity contribution in [3.8, 4) is 0 Å². The Morgan fingerprint density at radius 3 is 2.04 bits per heavy atom. The molecule has 0 spiro atoms. The normalized spacial score (nSPS) is 10.9. The molecule has 0 saturated carbocycles. The molecule has 128 valence electrons. The van der Waals surface area contributed by atoms with Crippen molar-refractivity contribution in [3.63, 3.8) is 0 Å². The molecule has 0 aliphatic carbocycles. The van der Waals surface area contributed by atoms with Crippen molar-refractivity contribution in [2.75, 3.05) is 6.54 Å². The number of carbonyl (C=O) groups is 2. The molecule has 2 rings (SSSR count). The topological polar surface area (TPSA) is 86.6 Å². The van der Waals surface area contributed by atoms with E-state index in [1.165, 1.54) is 0 Å². The Morgan fingerprint density at radius 2 is 1.54 bits per heavy atom. The number of amides is 1. The highest BCUT2D eigenvalue weighted by Crippen LogP contribution is 2.17. The average molecular weight is 329 g/mol. The molecule has 24 heavy (non-hydrogen) atoms. The summed E-state index contributed by atoms with van der Waals surface area (Å²) in [6.45, 7) is 2.59. The molecule has 3 N–H and O–H groups in total. The molecule has 1 unspecified atom stereocenters.